The molecule has 0 aliphatic rings. The first-order chi connectivity index (χ1) is 9.04. The van der Waals surface area contributed by atoms with Gasteiger partial charge in [0, 0.05) is 0 Å². The van der Waals surface area contributed by atoms with Crippen LogP contribution in [-0.4, -0.2) is 25.2 Å². The van der Waals surface area contributed by atoms with Gasteiger partial charge in [0.25, 0.3) is 0 Å². The highest BCUT2D eigenvalue weighted by Gasteiger charge is 2.12. The highest BCUT2D eigenvalue weighted by Crippen LogP contribution is 2.13. The summed E-state index contributed by atoms with van der Waals surface area (Å²) in [6, 6.07) is 3.45. The van der Waals surface area contributed by atoms with Crippen LogP contribution in [0.2, 0.25) is 0 Å². The minimum Gasteiger partial charge on any atom is -0.463 e. The third-order valence-corrected chi connectivity index (χ3v) is 2.31. The number of halogens is 1. The van der Waals surface area contributed by atoms with Gasteiger partial charge in [0.05, 0.1) is 17.9 Å². The Morgan fingerprint density at radius 1 is 1.32 bits per heavy atom. The first-order valence-corrected chi connectivity index (χ1v) is 5.92. The van der Waals surface area contributed by atoms with E-state index in [0.717, 1.165) is 25.0 Å². The molecule has 1 aromatic rings. The molecular formula is C13H16FNO4. The van der Waals surface area contributed by atoms with E-state index < -0.39 is 24.4 Å². The van der Waals surface area contributed by atoms with Crippen molar-refractivity contribution in [3.8, 4) is 0 Å². The third-order valence-electron chi connectivity index (χ3n) is 2.31. The lowest BCUT2D eigenvalue weighted by atomic mass is 10.2. The number of carbonyl (C=O) groups excluding carboxylic acids is 2. The normalized spacial score (nSPS) is 10.0. The zero-order chi connectivity index (χ0) is 14.3. The highest BCUT2D eigenvalue weighted by molar-refractivity contribution is 5.91. The Kier molecular flexibility index (Phi) is 5.78. The number of benzene rings is 1. The van der Waals surface area contributed by atoms with Crippen LogP contribution in [0, 0.1) is 5.82 Å². The van der Waals surface area contributed by atoms with Crippen molar-refractivity contribution in [1.29, 1.82) is 0 Å². The second-order valence-corrected chi connectivity index (χ2v) is 3.89. The summed E-state index contributed by atoms with van der Waals surface area (Å²) in [5, 5.41) is 0. The van der Waals surface area contributed by atoms with Crippen LogP contribution in [0.15, 0.2) is 18.2 Å². The number of hydrogen-bond acceptors (Lipinski definition) is 5. The highest BCUT2D eigenvalue weighted by atomic mass is 19.1. The van der Waals surface area contributed by atoms with E-state index in [1.165, 1.54) is 6.07 Å². The molecule has 0 fully saturated rings. The van der Waals surface area contributed by atoms with Gasteiger partial charge < -0.3 is 15.2 Å². The quantitative estimate of drug-likeness (QED) is 0.485. The third kappa shape index (κ3) is 4.95. The topological polar surface area (TPSA) is 78.6 Å². The van der Waals surface area contributed by atoms with E-state index in [1.807, 2.05) is 6.92 Å². The van der Waals surface area contributed by atoms with Crippen LogP contribution in [0.5, 0.6) is 0 Å². The van der Waals surface area contributed by atoms with Crippen LogP contribution in [0.25, 0.3) is 0 Å². The summed E-state index contributed by atoms with van der Waals surface area (Å²) in [5.74, 6) is -1.98. The number of unbranched alkanes of at least 4 members (excludes halogenated alkanes) is 1. The molecule has 0 aliphatic heterocycles. The number of rotatable bonds is 6. The Bertz CT molecular complexity index is 462. The summed E-state index contributed by atoms with van der Waals surface area (Å²) in [6.45, 7) is 1.79. The second-order valence-electron chi connectivity index (χ2n) is 3.89. The Hall–Kier alpha value is -2.11. The van der Waals surface area contributed by atoms with Crippen molar-refractivity contribution in [3.63, 3.8) is 0 Å². The van der Waals surface area contributed by atoms with Crippen LogP contribution in [0.4, 0.5) is 10.1 Å². The number of nitrogen functional groups attached to an aromatic ring is 1. The number of ether oxygens (including phenoxy) is 2. The molecule has 0 unspecified atom stereocenters. The van der Waals surface area contributed by atoms with Crippen molar-refractivity contribution in [2.24, 2.45) is 0 Å². The Balaban J connectivity index is 2.42. The molecule has 2 N–H and O–H groups in total. The lowest BCUT2D eigenvalue weighted by Gasteiger charge is -2.06. The van der Waals surface area contributed by atoms with Crippen molar-refractivity contribution in [1.82, 2.24) is 0 Å². The van der Waals surface area contributed by atoms with E-state index in [1.54, 1.807) is 0 Å². The van der Waals surface area contributed by atoms with E-state index in [-0.39, 0.29) is 11.3 Å². The summed E-state index contributed by atoms with van der Waals surface area (Å²) >= 11 is 0. The van der Waals surface area contributed by atoms with Gasteiger partial charge in [-0.25, -0.2) is 14.0 Å². The molecule has 1 aromatic carbocycles. The Morgan fingerprint density at radius 3 is 2.68 bits per heavy atom. The molecule has 104 valence electrons. The molecule has 0 radical (unpaired) electrons. The van der Waals surface area contributed by atoms with E-state index in [2.05, 4.69) is 0 Å². The summed E-state index contributed by atoms with van der Waals surface area (Å²) in [6.07, 6.45) is 1.66. The van der Waals surface area contributed by atoms with Gasteiger partial charge in [-0.15, -0.1) is 0 Å². The maximum atomic E-state index is 12.9. The molecule has 0 saturated heterocycles. The lowest BCUT2D eigenvalue weighted by molar-refractivity contribution is -0.147. The molecule has 0 saturated carbocycles. The van der Waals surface area contributed by atoms with Gasteiger partial charge in [0.15, 0.2) is 6.61 Å². The SMILES string of the molecule is CCCCOC(=O)COC(=O)c1ccc(F)c(N)c1. The standard InChI is InChI=1S/C13H16FNO4/c1-2-3-6-18-12(16)8-19-13(17)9-4-5-10(14)11(15)7-9/h4-5,7H,2-3,6,8,15H2,1H3. The number of carbonyl (C=O) groups is 2. The van der Waals surface area contributed by atoms with E-state index in [4.69, 9.17) is 15.2 Å². The largest absolute Gasteiger partial charge is 0.463 e. The number of nitrogens with two attached hydrogens (primary N) is 1. The smallest absolute Gasteiger partial charge is 0.344 e. The molecule has 0 spiro atoms. The van der Waals surface area contributed by atoms with Gasteiger partial charge in [-0.3, -0.25) is 0 Å². The second kappa shape index (κ2) is 7.35. The molecule has 0 bridgehead atoms. The van der Waals surface area contributed by atoms with Gasteiger partial charge in [-0.2, -0.15) is 0 Å². The van der Waals surface area contributed by atoms with Crippen molar-refractivity contribution in [2.45, 2.75) is 19.8 Å². The monoisotopic (exact) mass is 269 g/mol. The lowest BCUT2D eigenvalue weighted by Crippen LogP contribution is -2.17. The Labute approximate surface area is 110 Å². The van der Waals surface area contributed by atoms with E-state index >= 15 is 0 Å². The van der Waals surface area contributed by atoms with Crippen LogP contribution >= 0.6 is 0 Å². The van der Waals surface area contributed by atoms with Gasteiger partial charge in [-0.1, -0.05) is 13.3 Å². The predicted molar refractivity (Wildman–Crippen MR) is 67.0 cm³/mol. The van der Waals surface area contributed by atoms with Crippen molar-refractivity contribution in [3.05, 3.63) is 29.6 Å². The van der Waals surface area contributed by atoms with Crippen LogP contribution in [-0.2, 0) is 14.3 Å². The Morgan fingerprint density at radius 2 is 2.05 bits per heavy atom. The molecular weight excluding hydrogens is 253 g/mol. The van der Waals surface area contributed by atoms with E-state index in [0.29, 0.717) is 6.61 Å². The minimum atomic E-state index is -0.751. The fraction of sp³-hybridized carbons (Fsp3) is 0.385. The molecule has 5 nitrogen and oxygen atoms in total. The summed E-state index contributed by atoms with van der Waals surface area (Å²) < 4.78 is 22.4. The fourth-order valence-corrected chi connectivity index (χ4v) is 1.25. The molecule has 1 rings (SSSR count). The molecule has 0 heterocycles. The maximum Gasteiger partial charge on any atom is 0.344 e. The zero-order valence-corrected chi connectivity index (χ0v) is 10.6. The van der Waals surface area contributed by atoms with Gasteiger partial charge >= 0.3 is 11.9 Å². The van der Waals surface area contributed by atoms with Gasteiger partial charge in [0.1, 0.15) is 5.82 Å². The summed E-state index contributed by atoms with van der Waals surface area (Å²) in [4.78, 5) is 22.7. The first-order valence-electron chi connectivity index (χ1n) is 5.92. The van der Waals surface area contributed by atoms with E-state index in [9.17, 15) is 14.0 Å². The molecule has 0 amide bonds. The molecule has 0 aliphatic carbocycles. The van der Waals surface area contributed by atoms with Crippen LogP contribution in [0.1, 0.15) is 30.1 Å². The van der Waals surface area contributed by atoms with Crippen LogP contribution < -0.4 is 5.73 Å². The van der Waals surface area contributed by atoms with Crippen LogP contribution in [0.3, 0.4) is 0 Å². The van der Waals surface area contributed by atoms with Gasteiger partial charge in [0.2, 0.25) is 0 Å². The van der Waals surface area contributed by atoms with Crippen molar-refractivity contribution in [2.75, 3.05) is 18.9 Å². The van der Waals surface area contributed by atoms with Crippen molar-refractivity contribution >= 4 is 17.6 Å². The molecule has 6 heteroatoms. The zero-order valence-electron chi connectivity index (χ0n) is 10.6. The molecule has 19 heavy (non-hydrogen) atoms. The number of esters is 2. The first kappa shape index (κ1) is 14.9. The maximum absolute atomic E-state index is 12.9. The number of anilines is 1. The van der Waals surface area contributed by atoms with Gasteiger partial charge in [-0.05, 0) is 24.6 Å². The fourth-order valence-electron chi connectivity index (χ4n) is 1.25. The average Bonchev–Trinajstić information content (AvgIpc) is 2.39. The number of hydrogen-bond donors (Lipinski definition) is 1. The van der Waals surface area contributed by atoms with Crippen molar-refractivity contribution < 1.29 is 23.5 Å². The molecule has 0 atom stereocenters. The molecule has 0 aromatic heterocycles. The minimum absolute atomic E-state index is 0.0836. The average molecular weight is 269 g/mol. The predicted octanol–water partition coefficient (Wildman–Crippen LogP) is 1.91. The summed E-state index contributed by atoms with van der Waals surface area (Å²) in [5.41, 5.74) is 5.25. The summed E-state index contributed by atoms with van der Waals surface area (Å²) in [7, 11) is 0.